The van der Waals surface area contributed by atoms with Crippen LogP contribution in [-0.4, -0.2) is 31.7 Å². The third-order valence-corrected chi connectivity index (χ3v) is 4.71. The average molecular weight is 341 g/mol. The minimum Gasteiger partial charge on any atom is -0.478 e. The van der Waals surface area contributed by atoms with Gasteiger partial charge in [-0.15, -0.1) is 0 Å². The fourth-order valence-electron chi connectivity index (χ4n) is 2.22. The van der Waals surface area contributed by atoms with Crippen LogP contribution in [0.15, 0.2) is 23.1 Å². The maximum Gasteiger partial charge on any atom is 0.335 e. The van der Waals surface area contributed by atoms with Crippen molar-refractivity contribution in [2.75, 3.05) is 11.6 Å². The van der Waals surface area contributed by atoms with E-state index >= 15 is 0 Å². The van der Waals surface area contributed by atoms with Crippen molar-refractivity contribution in [1.82, 2.24) is 0 Å². The van der Waals surface area contributed by atoms with Gasteiger partial charge in [0.1, 0.15) is 0 Å². The number of anilines is 1. The number of aromatic carboxylic acids is 1. The number of carbonyl (C=O) groups is 2. The molecule has 0 saturated carbocycles. The molecule has 1 atom stereocenters. The maximum absolute atomic E-state index is 12.3. The monoisotopic (exact) mass is 341 g/mol. The first-order valence-electron chi connectivity index (χ1n) is 7.58. The Bertz CT molecular complexity index is 682. The lowest BCUT2D eigenvalue weighted by Crippen LogP contribution is -2.22. The third-order valence-electron chi connectivity index (χ3n) is 3.62. The summed E-state index contributed by atoms with van der Waals surface area (Å²) in [5.41, 5.74) is 0.00936. The third kappa shape index (κ3) is 5.67. The highest BCUT2D eigenvalue weighted by Crippen LogP contribution is 2.21. The molecule has 0 saturated heterocycles. The van der Waals surface area contributed by atoms with E-state index in [2.05, 4.69) is 5.32 Å². The van der Waals surface area contributed by atoms with E-state index in [-0.39, 0.29) is 28.0 Å². The van der Waals surface area contributed by atoms with E-state index in [1.54, 1.807) is 0 Å². The summed E-state index contributed by atoms with van der Waals surface area (Å²) in [6.45, 7) is 3.95. The van der Waals surface area contributed by atoms with Gasteiger partial charge in [-0.3, -0.25) is 4.79 Å². The van der Waals surface area contributed by atoms with Crippen LogP contribution in [0.2, 0.25) is 0 Å². The zero-order valence-corrected chi connectivity index (χ0v) is 14.4. The van der Waals surface area contributed by atoms with Crippen LogP contribution in [0.25, 0.3) is 0 Å². The van der Waals surface area contributed by atoms with Crippen molar-refractivity contribution in [3.05, 3.63) is 23.8 Å². The van der Waals surface area contributed by atoms with Gasteiger partial charge in [-0.25, -0.2) is 13.2 Å². The molecule has 0 aliphatic carbocycles. The van der Waals surface area contributed by atoms with E-state index in [0.29, 0.717) is 6.42 Å². The highest BCUT2D eigenvalue weighted by Gasteiger charge is 2.18. The molecule has 0 heterocycles. The second-order valence-electron chi connectivity index (χ2n) is 5.56. The SMILES string of the molecule is CCCCC(CC)C(=O)Nc1cc(C(=O)O)cc(S(C)(=O)=O)c1. The topological polar surface area (TPSA) is 101 Å². The highest BCUT2D eigenvalue weighted by molar-refractivity contribution is 7.90. The largest absolute Gasteiger partial charge is 0.478 e. The minimum atomic E-state index is -3.57. The van der Waals surface area contributed by atoms with E-state index < -0.39 is 15.8 Å². The van der Waals surface area contributed by atoms with Crippen LogP contribution in [0, 0.1) is 5.92 Å². The van der Waals surface area contributed by atoms with Gasteiger partial charge in [-0.2, -0.15) is 0 Å². The predicted molar refractivity (Wildman–Crippen MR) is 88.4 cm³/mol. The Kier molecular flexibility index (Phi) is 6.75. The Morgan fingerprint density at radius 2 is 1.87 bits per heavy atom. The molecule has 0 radical (unpaired) electrons. The van der Waals surface area contributed by atoms with Gasteiger partial charge in [-0.1, -0.05) is 26.7 Å². The first-order valence-corrected chi connectivity index (χ1v) is 9.47. The van der Waals surface area contributed by atoms with Crippen molar-refractivity contribution in [1.29, 1.82) is 0 Å². The van der Waals surface area contributed by atoms with Crippen molar-refractivity contribution in [3.63, 3.8) is 0 Å². The first-order chi connectivity index (χ1) is 10.7. The fraction of sp³-hybridized carbons (Fsp3) is 0.500. The number of sulfone groups is 1. The number of rotatable bonds is 8. The number of carbonyl (C=O) groups excluding carboxylic acids is 1. The van der Waals surface area contributed by atoms with Crippen molar-refractivity contribution >= 4 is 27.4 Å². The number of hydrogen-bond donors (Lipinski definition) is 2. The van der Waals surface area contributed by atoms with E-state index in [1.807, 2.05) is 13.8 Å². The number of unbranched alkanes of at least 4 members (excludes halogenated alkanes) is 1. The Balaban J connectivity index is 3.09. The Hall–Kier alpha value is -1.89. The van der Waals surface area contributed by atoms with Gasteiger partial charge in [0.25, 0.3) is 0 Å². The fourth-order valence-corrected chi connectivity index (χ4v) is 2.91. The molecular weight excluding hydrogens is 318 g/mol. The molecule has 23 heavy (non-hydrogen) atoms. The van der Waals surface area contributed by atoms with E-state index in [1.165, 1.54) is 12.1 Å². The maximum atomic E-state index is 12.3. The zero-order chi connectivity index (χ0) is 17.6. The van der Waals surface area contributed by atoms with E-state index in [4.69, 9.17) is 5.11 Å². The van der Waals surface area contributed by atoms with Gasteiger partial charge in [0.05, 0.1) is 10.5 Å². The molecule has 1 aromatic rings. The molecule has 1 amide bonds. The molecule has 128 valence electrons. The average Bonchev–Trinajstić information content (AvgIpc) is 2.46. The second kappa shape index (κ2) is 8.10. The highest BCUT2D eigenvalue weighted by atomic mass is 32.2. The number of benzene rings is 1. The quantitative estimate of drug-likeness (QED) is 0.757. The molecule has 1 rings (SSSR count). The summed E-state index contributed by atoms with van der Waals surface area (Å²) in [6.07, 6.45) is 4.32. The molecule has 0 spiro atoms. The van der Waals surface area contributed by atoms with Crippen LogP contribution < -0.4 is 5.32 Å². The first kappa shape index (κ1) is 19.2. The van der Waals surface area contributed by atoms with Gasteiger partial charge in [0.2, 0.25) is 5.91 Å². The Labute approximate surface area is 136 Å². The summed E-state index contributed by atoms with van der Waals surface area (Å²) in [6, 6.07) is 3.63. The molecule has 0 aliphatic heterocycles. The molecule has 1 unspecified atom stereocenters. The van der Waals surface area contributed by atoms with E-state index in [0.717, 1.165) is 31.6 Å². The summed E-state index contributed by atoms with van der Waals surface area (Å²) in [5.74, 6) is -1.64. The summed E-state index contributed by atoms with van der Waals surface area (Å²) < 4.78 is 23.3. The molecule has 7 heteroatoms. The zero-order valence-electron chi connectivity index (χ0n) is 13.6. The van der Waals surface area contributed by atoms with Crippen molar-refractivity contribution in [2.45, 2.75) is 44.4 Å². The standard InChI is InChI=1S/C16H23NO5S/c1-4-6-7-11(5-2)15(18)17-13-8-12(16(19)20)9-14(10-13)23(3,21)22/h8-11H,4-7H2,1-3H3,(H,17,18)(H,19,20). The molecular formula is C16H23NO5S. The number of carboxylic acids is 1. The number of nitrogens with one attached hydrogen (secondary N) is 1. The van der Waals surface area contributed by atoms with Crippen LogP contribution in [0.1, 0.15) is 49.9 Å². The normalized spacial score (nSPS) is 12.7. The molecule has 2 N–H and O–H groups in total. The summed E-state index contributed by atoms with van der Waals surface area (Å²) in [5, 5.41) is 11.7. The van der Waals surface area contributed by atoms with Crippen molar-refractivity contribution in [3.8, 4) is 0 Å². The second-order valence-corrected chi connectivity index (χ2v) is 7.58. The Morgan fingerprint density at radius 3 is 2.35 bits per heavy atom. The molecule has 0 aromatic heterocycles. The van der Waals surface area contributed by atoms with Gasteiger partial charge >= 0.3 is 5.97 Å². The number of hydrogen-bond acceptors (Lipinski definition) is 4. The van der Waals surface area contributed by atoms with E-state index in [9.17, 15) is 18.0 Å². The van der Waals surface area contributed by atoms with Crippen molar-refractivity contribution < 1.29 is 23.1 Å². The summed E-state index contributed by atoms with van der Waals surface area (Å²) in [7, 11) is -3.57. The van der Waals surface area contributed by atoms with Crippen LogP contribution in [0.3, 0.4) is 0 Å². The molecule has 0 aliphatic rings. The van der Waals surface area contributed by atoms with Gasteiger partial charge < -0.3 is 10.4 Å². The minimum absolute atomic E-state index is 0.130. The Morgan fingerprint density at radius 1 is 1.22 bits per heavy atom. The van der Waals surface area contributed by atoms with Crippen molar-refractivity contribution in [2.24, 2.45) is 5.92 Å². The lowest BCUT2D eigenvalue weighted by atomic mass is 9.98. The summed E-state index contributed by atoms with van der Waals surface area (Å²) in [4.78, 5) is 23.3. The summed E-state index contributed by atoms with van der Waals surface area (Å²) >= 11 is 0. The lowest BCUT2D eigenvalue weighted by molar-refractivity contribution is -0.120. The predicted octanol–water partition coefficient (Wildman–Crippen LogP) is 2.94. The van der Waals surface area contributed by atoms with Gasteiger partial charge in [-0.05, 0) is 31.0 Å². The molecule has 0 bridgehead atoms. The van der Waals surface area contributed by atoms with Crippen LogP contribution in [0.5, 0.6) is 0 Å². The lowest BCUT2D eigenvalue weighted by Gasteiger charge is -2.15. The molecule has 0 fully saturated rings. The molecule has 6 nitrogen and oxygen atoms in total. The van der Waals surface area contributed by atoms with Gasteiger partial charge in [0, 0.05) is 17.9 Å². The number of carboxylic acid groups (broad SMARTS) is 1. The van der Waals surface area contributed by atoms with Crippen LogP contribution in [-0.2, 0) is 14.6 Å². The smallest absolute Gasteiger partial charge is 0.335 e. The molecule has 1 aromatic carbocycles. The van der Waals surface area contributed by atoms with Gasteiger partial charge in [0.15, 0.2) is 9.84 Å². The number of amides is 1. The van der Waals surface area contributed by atoms with Crippen LogP contribution in [0.4, 0.5) is 5.69 Å². The van der Waals surface area contributed by atoms with Crippen LogP contribution >= 0.6 is 0 Å².